The highest BCUT2D eigenvalue weighted by molar-refractivity contribution is 7.98. The molecule has 3 heterocycles. The second kappa shape index (κ2) is 7.23. The van der Waals surface area contributed by atoms with Crippen molar-refractivity contribution in [1.82, 2.24) is 0 Å². The molecule has 0 spiro atoms. The van der Waals surface area contributed by atoms with Crippen LogP contribution >= 0.6 is 11.8 Å². The van der Waals surface area contributed by atoms with E-state index in [1.807, 2.05) is 72.1 Å². The van der Waals surface area contributed by atoms with Gasteiger partial charge in [0, 0.05) is 47.1 Å². The van der Waals surface area contributed by atoms with Gasteiger partial charge in [-0.2, -0.15) is 11.8 Å². The molecule has 0 N–H and O–H groups in total. The highest BCUT2D eigenvalue weighted by atomic mass is 32.2. The first-order valence-corrected chi connectivity index (χ1v) is 9.66. The lowest BCUT2D eigenvalue weighted by Crippen LogP contribution is -2.30. The number of benzene rings is 1. The molecule has 0 saturated heterocycles. The van der Waals surface area contributed by atoms with Crippen LogP contribution in [0.5, 0.6) is 0 Å². The Kier molecular flexibility index (Phi) is 4.64. The molecule has 1 aliphatic heterocycles. The smallest absolute Gasteiger partial charge is 0.343 e. The van der Waals surface area contributed by atoms with E-state index in [1.165, 1.54) is 5.56 Å². The van der Waals surface area contributed by atoms with Crippen molar-refractivity contribution in [3.05, 3.63) is 75.4 Å². The van der Waals surface area contributed by atoms with Crippen LogP contribution in [0.15, 0.2) is 51.8 Å². The second-order valence-corrected chi connectivity index (χ2v) is 7.32. The molecule has 1 aliphatic rings. The minimum Gasteiger partial charge on any atom is -0.422 e. The average molecular weight is 360 g/mol. The predicted octanol–water partition coefficient (Wildman–Crippen LogP) is 3.78. The van der Waals surface area contributed by atoms with Crippen LogP contribution in [-0.2, 0) is 12.8 Å². The van der Waals surface area contributed by atoms with E-state index in [4.69, 9.17) is 4.42 Å². The Morgan fingerprint density at radius 1 is 1.23 bits per heavy atom. The summed E-state index contributed by atoms with van der Waals surface area (Å²) in [6.07, 6.45) is 6.60. The van der Waals surface area contributed by atoms with E-state index in [0.29, 0.717) is 11.1 Å². The minimum absolute atomic E-state index is 0.333. The first-order valence-electron chi connectivity index (χ1n) is 8.51. The number of hydrogen-bond donors (Lipinski definition) is 0. The van der Waals surface area contributed by atoms with Gasteiger partial charge in [0.1, 0.15) is 12.6 Å². The van der Waals surface area contributed by atoms with Gasteiger partial charge in [0.05, 0.1) is 5.56 Å². The lowest BCUT2D eigenvalue weighted by atomic mass is 10.0. The molecule has 0 atom stereocenters. The molecule has 0 saturated carbocycles. The van der Waals surface area contributed by atoms with E-state index in [9.17, 15) is 4.79 Å². The number of fused-ring (bicyclic) bond motifs is 2. The van der Waals surface area contributed by atoms with E-state index in [1.54, 1.807) is 0 Å². The maximum absolute atomic E-state index is 12.4. The van der Waals surface area contributed by atoms with E-state index in [2.05, 4.69) is 17.9 Å². The van der Waals surface area contributed by atoms with Crippen LogP contribution in [0.25, 0.3) is 23.1 Å². The van der Waals surface area contributed by atoms with Crippen molar-refractivity contribution in [1.29, 1.82) is 0 Å². The van der Waals surface area contributed by atoms with Crippen molar-refractivity contribution in [3.63, 3.8) is 0 Å². The summed E-state index contributed by atoms with van der Waals surface area (Å²) >= 11 is 1.89. The number of hydrogen-bond acceptors (Lipinski definition) is 3. The van der Waals surface area contributed by atoms with Gasteiger partial charge in [0.25, 0.3) is 0 Å². The molecular formula is C22H18NO2S+. The Hall–Kier alpha value is -2.77. The molecule has 0 fully saturated rings. The van der Waals surface area contributed by atoms with Gasteiger partial charge < -0.3 is 4.42 Å². The van der Waals surface area contributed by atoms with Crippen molar-refractivity contribution >= 4 is 34.9 Å². The third kappa shape index (κ3) is 3.44. The summed E-state index contributed by atoms with van der Waals surface area (Å²) in [5.41, 5.74) is 3.99. The van der Waals surface area contributed by atoms with Crippen LogP contribution in [0.1, 0.15) is 28.8 Å². The number of aromatic nitrogens is 1. The molecule has 0 aliphatic carbocycles. The van der Waals surface area contributed by atoms with Crippen molar-refractivity contribution in [2.45, 2.75) is 12.2 Å². The largest absolute Gasteiger partial charge is 0.422 e. The number of pyridine rings is 1. The second-order valence-electron chi connectivity index (χ2n) is 6.21. The Labute approximate surface area is 156 Å². The van der Waals surface area contributed by atoms with E-state index < -0.39 is 0 Å². The molecule has 4 rings (SSSR count). The third-order valence-electron chi connectivity index (χ3n) is 4.37. The molecule has 26 heavy (non-hydrogen) atoms. The van der Waals surface area contributed by atoms with Crippen LogP contribution in [0.3, 0.4) is 0 Å². The van der Waals surface area contributed by atoms with Gasteiger partial charge in [-0.3, -0.25) is 0 Å². The summed E-state index contributed by atoms with van der Waals surface area (Å²) in [6, 6.07) is 11.8. The minimum atomic E-state index is -0.333. The van der Waals surface area contributed by atoms with Crippen molar-refractivity contribution in [2.75, 3.05) is 5.75 Å². The van der Waals surface area contributed by atoms with Crippen LogP contribution in [0.4, 0.5) is 0 Å². The molecule has 2 aromatic heterocycles. The molecular weight excluding hydrogens is 342 g/mol. The summed E-state index contributed by atoms with van der Waals surface area (Å²) in [7, 11) is 1.97. The van der Waals surface area contributed by atoms with Gasteiger partial charge in [-0.1, -0.05) is 11.8 Å². The summed E-state index contributed by atoms with van der Waals surface area (Å²) in [5.74, 6) is 8.36. The first-order chi connectivity index (χ1) is 12.7. The molecule has 4 heteroatoms. The summed E-state index contributed by atoms with van der Waals surface area (Å²) in [4.78, 5) is 12.4. The molecule has 0 amide bonds. The van der Waals surface area contributed by atoms with Crippen LogP contribution in [0.2, 0.25) is 0 Å². The molecule has 0 radical (unpaired) electrons. The fourth-order valence-electron chi connectivity index (χ4n) is 2.93. The van der Waals surface area contributed by atoms with E-state index >= 15 is 0 Å². The number of nitrogens with zero attached hydrogens (tertiary/aromatic N) is 1. The highest BCUT2D eigenvalue weighted by Gasteiger charge is 2.10. The maximum Gasteiger partial charge on any atom is 0.343 e. The van der Waals surface area contributed by atoms with Gasteiger partial charge in [0.15, 0.2) is 6.20 Å². The fourth-order valence-corrected chi connectivity index (χ4v) is 3.78. The Morgan fingerprint density at radius 2 is 2.15 bits per heavy atom. The molecule has 128 valence electrons. The maximum atomic E-state index is 12.4. The van der Waals surface area contributed by atoms with Crippen molar-refractivity contribution in [2.24, 2.45) is 7.05 Å². The third-order valence-corrected chi connectivity index (χ3v) is 5.37. The van der Waals surface area contributed by atoms with Gasteiger partial charge in [-0.15, -0.1) is 0 Å². The zero-order valence-corrected chi connectivity index (χ0v) is 15.3. The van der Waals surface area contributed by atoms with E-state index in [0.717, 1.165) is 34.6 Å². The number of rotatable bonds is 2. The van der Waals surface area contributed by atoms with Crippen LogP contribution in [-0.4, -0.2) is 5.75 Å². The van der Waals surface area contributed by atoms with Crippen molar-refractivity contribution in [3.8, 4) is 11.8 Å². The lowest BCUT2D eigenvalue weighted by molar-refractivity contribution is -0.673. The quantitative estimate of drug-likeness (QED) is 0.396. The van der Waals surface area contributed by atoms with E-state index in [-0.39, 0.29) is 5.63 Å². The number of aryl methyl sites for hydroxylation is 1. The fraction of sp³-hybridized carbons (Fsp3) is 0.182. The van der Waals surface area contributed by atoms with Gasteiger partial charge in [-0.05, 0) is 35.9 Å². The highest BCUT2D eigenvalue weighted by Crippen LogP contribution is 2.25. The topological polar surface area (TPSA) is 34.1 Å². The molecule has 1 aromatic carbocycles. The standard InChI is InChI=1S/C22H18NO2S/c1-23-10-4-2-7-20(23)9-8-17-12-18-13-19-15-26-11-5-3-6-16(19)14-21(18)25-22(17)24/h2,4,7-10,12-14H,5,11,15H2,1H3/q+1. The summed E-state index contributed by atoms with van der Waals surface area (Å²) in [5, 5.41) is 0.934. The van der Waals surface area contributed by atoms with Crippen LogP contribution in [0, 0.1) is 11.8 Å². The number of thioether (sulfide) groups is 1. The predicted molar refractivity (Wildman–Crippen MR) is 107 cm³/mol. The first kappa shape index (κ1) is 16.7. The zero-order valence-electron chi connectivity index (χ0n) is 14.5. The average Bonchev–Trinajstić information content (AvgIpc) is 2.61. The summed E-state index contributed by atoms with van der Waals surface area (Å²) < 4.78 is 7.56. The summed E-state index contributed by atoms with van der Waals surface area (Å²) in [6.45, 7) is 0. The molecule has 3 nitrogen and oxygen atoms in total. The Bertz CT molecular complexity index is 1130. The zero-order chi connectivity index (χ0) is 17.9. The monoisotopic (exact) mass is 360 g/mol. The van der Waals surface area contributed by atoms with Gasteiger partial charge >= 0.3 is 5.63 Å². The normalized spacial score (nSPS) is 13.7. The Balaban J connectivity index is 1.78. The molecule has 3 aromatic rings. The van der Waals surface area contributed by atoms with Crippen molar-refractivity contribution < 1.29 is 8.98 Å². The van der Waals surface area contributed by atoms with Gasteiger partial charge in [0.2, 0.25) is 5.69 Å². The molecule has 0 bridgehead atoms. The van der Waals surface area contributed by atoms with Gasteiger partial charge in [-0.25, -0.2) is 9.36 Å². The Morgan fingerprint density at radius 3 is 3.04 bits per heavy atom. The molecule has 0 unspecified atom stereocenters. The SMILES string of the molecule is C[n+]1ccccc1C=Cc1cc2cc3c(cc2oc1=O)C#CCCSC3. The van der Waals surface area contributed by atoms with Crippen LogP contribution < -0.4 is 10.2 Å². The lowest BCUT2D eigenvalue weighted by Gasteiger charge is -2.08.